The molecule has 0 unspecified atom stereocenters. The lowest BCUT2D eigenvalue weighted by Crippen LogP contribution is -2.11. The van der Waals surface area contributed by atoms with Gasteiger partial charge in [-0.15, -0.1) is 22.7 Å². The Balaban J connectivity index is 1.14. The number of nitrogens with zero attached hydrogens (tertiary/aromatic N) is 1. The first-order chi connectivity index (χ1) is 27.3. The predicted molar refractivity (Wildman–Crippen MR) is 241 cm³/mol. The van der Waals surface area contributed by atoms with Crippen LogP contribution in [0.15, 0.2) is 200 Å². The Bertz CT molecular complexity index is 3080. The first kappa shape index (κ1) is 32.0. The van der Waals surface area contributed by atoms with Gasteiger partial charge in [0.15, 0.2) is 0 Å². The maximum absolute atomic E-state index is 2.45. The van der Waals surface area contributed by atoms with E-state index in [2.05, 4.69) is 205 Å². The zero-order valence-corrected chi connectivity index (χ0v) is 31.4. The molecule has 1 nitrogen and oxygen atoms in total. The minimum Gasteiger partial charge on any atom is -0.310 e. The number of hydrogen-bond acceptors (Lipinski definition) is 3. The van der Waals surface area contributed by atoms with E-state index < -0.39 is 0 Å². The fraction of sp³-hybridized carbons (Fsp3) is 0. The van der Waals surface area contributed by atoms with Crippen molar-refractivity contribution in [3.8, 4) is 33.4 Å². The second kappa shape index (κ2) is 13.1. The average Bonchev–Trinajstić information content (AvgIpc) is 3.83. The largest absolute Gasteiger partial charge is 0.310 e. The Hall–Kier alpha value is -6.52. The SMILES string of the molecule is c1cc(-c2cccc3sc4ccccc4c23)cc(N(c2cccc(-c3cccc4sc5ccccc5c34)c2)c2ccccc2-c2ccc3ccccc3c2)c1. The van der Waals surface area contributed by atoms with Crippen molar-refractivity contribution in [1.82, 2.24) is 0 Å². The van der Waals surface area contributed by atoms with Crippen LogP contribution in [-0.2, 0) is 0 Å². The maximum Gasteiger partial charge on any atom is 0.0540 e. The molecule has 0 bridgehead atoms. The van der Waals surface area contributed by atoms with Crippen LogP contribution in [-0.4, -0.2) is 0 Å². The van der Waals surface area contributed by atoms with Gasteiger partial charge < -0.3 is 4.90 Å². The molecular weight excluding hydrogens is 703 g/mol. The lowest BCUT2D eigenvalue weighted by molar-refractivity contribution is 1.28. The number of anilines is 3. The summed E-state index contributed by atoms with van der Waals surface area (Å²) in [5, 5.41) is 7.74. The van der Waals surface area contributed by atoms with E-state index in [1.807, 2.05) is 22.7 Å². The monoisotopic (exact) mass is 735 g/mol. The number of rotatable bonds is 6. The summed E-state index contributed by atoms with van der Waals surface area (Å²) in [7, 11) is 0. The van der Waals surface area contributed by atoms with Crippen molar-refractivity contribution in [2.75, 3.05) is 4.90 Å². The van der Waals surface area contributed by atoms with Gasteiger partial charge in [-0.1, -0.05) is 140 Å². The number of hydrogen-bond donors (Lipinski definition) is 0. The van der Waals surface area contributed by atoms with Crippen LogP contribution in [0.2, 0.25) is 0 Å². The Labute approximate surface area is 327 Å². The molecule has 258 valence electrons. The van der Waals surface area contributed by atoms with E-state index in [0.29, 0.717) is 0 Å². The first-order valence-corrected chi connectivity index (χ1v) is 20.3. The molecule has 0 aliphatic rings. The molecule has 0 N–H and O–H groups in total. The molecule has 11 rings (SSSR count). The summed E-state index contributed by atoms with van der Waals surface area (Å²) in [6, 6.07) is 73.5. The molecule has 2 heterocycles. The molecule has 0 spiro atoms. The summed E-state index contributed by atoms with van der Waals surface area (Å²) in [5.74, 6) is 0. The minimum atomic E-state index is 1.11. The van der Waals surface area contributed by atoms with Crippen molar-refractivity contribution in [3.05, 3.63) is 200 Å². The van der Waals surface area contributed by atoms with Gasteiger partial charge in [0.2, 0.25) is 0 Å². The van der Waals surface area contributed by atoms with Gasteiger partial charge in [0, 0.05) is 57.3 Å². The van der Waals surface area contributed by atoms with E-state index in [9.17, 15) is 0 Å². The average molecular weight is 736 g/mol. The molecule has 0 fully saturated rings. The summed E-state index contributed by atoms with van der Waals surface area (Å²) >= 11 is 3.73. The third kappa shape index (κ3) is 5.43. The van der Waals surface area contributed by atoms with Gasteiger partial charge in [-0.3, -0.25) is 0 Å². The van der Waals surface area contributed by atoms with Crippen LogP contribution in [0.5, 0.6) is 0 Å². The van der Waals surface area contributed by atoms with Crippen molar-refractivity contribution in [3.63, 3.8) is 0 Å². The third-order valence-corrected chi connectivity index (χ3v) is 13.1. The van der Waals surface area contributed by atoms with Crippen molar-refractivity contribution >= 4 is 90.9 Å². The molecule has 0 amide bonds. The van der Waals surface area contributed by atoms with Gasteiger partial charge in [0.1, 0.15) is 0 Å². The van der Waals surface area contributed by atoms with Crippen molar-refractivity contribution in [2.24, 2.45) is 0 Å². The Morgan fingerprint density at radius 3 is 1.42 bits per heavy atom. The van der Waals surface area contributed by atoms with Gasteiger partial charge >= 0.3 is 0 Å². The molecule has 3 heteroatoms. The quantitative estimate of drug-likeness (QED) is 0.164. The van der Waals surface area contributed by atoms with Crippen LogP contribution in [0.4, 0.5) is 17.1 Å². The van der Waals surface area contributed by atoms with Gasteiger partial charge in [0.05, 0.1) is 5.69 Å². The lowest BCUT2D eigenvalue weighted by atomic mass is 9.96. The molecule has 0 radical (unpaired) electrons. The summed E-state index contributed by atoms with van der Waals surface area (Å²) in [6.07, 6.45) is 0. The van der Waals surface area contributed by atoms with E-state index in [4.69, 9.17) is 0 Å². The molecule has 0 atom stereocenters. The zero-order chi connectivity index (χ0) is 36.3. The molecular formula is C52H33NS2. The molecule has 2 aromatic heterocycles. The summed E-state index contributed by atoms with van der Waals surface area (Å²) in [6.45, 7) is 0. The first-order valence-electron chi connectivity index (χ1n) is 18.7. The van der Waals surface area contributed by atoms with E-state index in [1.54, 1.807) is 0 Å². The Kier molecular flexibility index (Phi) is 7.61. The predicted octanol–water partition coefficient (Wildman–Crippen LogP) is 16.0. The van der Waals surface area contributed by atoms with E-state index >= 15 is 0 Å². The fourth-order valence-corrected chi connectivity index (χ4v) is 10.6. The van der Waals surface area contributed by atoms with Gasteiger partial charge in [-0.25, -0.2) is 0 Å². The van der Waals surface area contributed by atoms with Crippen LogP contribution in [0.3, 0.4) is 0 Å². The number of para-hydroxylation sites is 1. The van der Waals surface area contributed by atoms with Crippen LogP contribution >= 0.6 is 22.7 Å². The van der Waals surface area contributed by atoms with Crippen LogP contribution < -0.4 is 4.90 Å². The van der Waals surface area contributed by atoms with Crippen molar-refractivity contribution in [1.29, 1.82) is 0 Å². The molecule has 9 aromatic carbocycles. The van der Waals surface area contributed by atoms with Crippen LogP contribution in [0, 0.1) is 0 Å². The Morgan fingerprint density at radius 1 is 0.309 bits per heavy atom. The van der Waals surface area contributed by atoms with Gasteiger partial charge in [-0.2, -0.15) is 0 Å². The van der Waals surface area contributed by atoms with Gasteiger partial charge in [0.25, 0.3) is 0 Å². The standard InChI is InChI=1S/C52H33NS2/c1-2-14-35-31-38(30-29-34(35)13-1)41-19-3-6-24-46(41)53(39-17-9-15-36(32-39)42-22-11-27-49-51(42)44-20-4-7-25-47(44)54-49)40-18-10-16-37(33-40)43-23-12-28-50-52(43)45-21-5-8-26-48(45)55-50/h1-33H. The minimum absolute atomic E-state index is 1.11. The highest BCUT2D eigenvalue weighted by atomic mass is 32.1. The smallest absolute Gasteiger partial charge is 0.0540 e. The van der Waals surface area contributed by atoms with Gasteiger partial charge in [-0.05, 0) is 99.3 Å². The second-order valence-electron chi connectivity index (χ2n) is 14.1. The molecule has 0 aliphatic heterocycles. The molecule has 11 aromatic rings. The normalized spacial score (nSPS) is 11.6. The maximum atomic E-state index is 2.45. The van der Waals surface area contributed by atoms with E-state index in [0.717, 1.165) is 17.1 Å². The van der Waals surface area contributed by atoms with Crippen LogP contribution in [0.25, 0.3) is 84.5 Å². The topological polar surface area (TPSA) is 3.24 Å². The van der Waals surface area contributed by atoms with Crippen molar-refractivity contribution < 1.29 is 0 Å². The van der Waals surface area contributed by atoms with E-state index in [-0.39, 0.29) is 0 Å². The summed E-state index contributed by atoms with van der Waals surface area (Å²) < 4.78 is 5.26. The van der Waals surface area contributed by atoms with E-state index in [1.165, 1.54) is 84.5 Å². The number of benzene rings is 9. The Morgan fingerprint density at radius 2 is 0.782 bits per heavy atom. The summed E-state index contributed by atoms with van der Waals surface area (Å²) in [5.41, 5.74) is 10.6. The zero-order valence-electron chi connectivity index (χ0n) is 29.8. The fourth-order valence-electron chi connectivity index (χ4n) is 8.35. The molecule has 0 aliphatic carbocycles. The summed E-state index contributed by atoms with van der Waals surface area (Å²) in [4.78, 5) is 2.45. The molecule has 55 heavy (non-hydrogen) atoms. The highest BCUT2D eigenvalue weighted by Gasteiger charge is 2.20. The molecule has 0 saturated heterocycles. The third-order valence-electron chi connectivity index (χ3n) is 10.8. The van der Waals surface area contributed by atoms with Crippen LogP contribution in [0.1, 0.15) is 0 Å². The van der Waals surface area contributed by atoms with Crippen molar-refractivity contribution in [2.45, 2.75) is 0 Å². The lowest BCUT2D eigenvalue weighted by Gasteiger charge is -2.29. The highest BCUT2D eigenvalue weighted by molar-refractivity contribution is 7.26. The highest BCUT2D eigenvalue weighted by Crippen LogP contribution is 2.46. The second-order valence-corrected chi connectivity index (χ2v) is 16.2. The molecule has 0 saturated carbocycles. The number of thiophene rings is 2. The number of fused-ring (bicyclic) bond motifs is 7.